The Kier molecular flexibility index (Phi) is 4.01. The van der Waals surface area contributed by atoms with Gasteiger partial charge in [-0.15, -0.1) is 0 Å². The van der Waals surface area contributed by atoms with Gasteiger partial charge >= 0.3 is 0 Å². The molecular formula is C25H28N4O. The fraction of sp³-hybridized carbons (Fsp3) is 0.320. The molecule has 0 aliphatic carbocycles. The number of anilines is 1. The number of rotatable bonds is 3. The maximum atomic E-state index is 6.34. The number of nitrogens with zero attached hydrogens (tertiary/aromatic N) is 4. The average Bonchev–Trinajstić information content (AvgIpc) is 3.37. The van der Waals surface area contributed by atoms with E-state index in [9.17, 15) is 0 Å². The first-order valence-corrected chi connectivity index (χ1v) is 10.5. The second-order valence-electron chi connectivity index (χ2n) is 8.80. The van der Waals surface area contributed by atoms with Gasteiger partial charge in [0.15, 0.2) is 5.58 Å². The first-order chi connectivity index (χ1) is 14.3. The van der Waals surface area contributed by atoms with Crippen LogP contribution >= 0.6 is 0 Å². The van der Waals surface area contributed by atoms with Gasteiger partial charge in [-0.05, 0) is 52.3 Å². The van der Waals surface area contributed by atoms with Gasteiger partial charge in [-0.3, -0.25) is 4.68 Å². The van der Waals surface area contributed by atoms with Crippen LogP contribution in [0.2, 0.25) is 0 Å². The number of aromatic nitrogens is 2. The van der Waals surface area contributed by atoms with Crippen LogP contribution in [0.25, 0.3) is 21.9 Å². The molecule has 2 aromatic heterocycles. The third kappa shape index (κ3) is 2.58. The van der Waals surface area contributed by atoms with E-state index in [1.54, 1.807) is 0 Å². The van der Waals surface area contributed by atoms with E-state index in [1.165, 1.54) is 11.3 Å². The van der Waals surface area contributed by atoms with Crippen molar-refractivity contribution >= 4 is 27.6 Å². The summed E-state index contributed by atoms with van der Waals surface area (Å²) in [5.74, 6) is 0. The van der Waals surface area contributed by atoms with Gasteiger partial charge in [0.2, 0.25) is 0 Å². The van der Waals surface area contributed by atoms with Crippen molar-refractivity contribution in [1.82, 2.24) is 14.7 Å². The number of hydrogen-bond donors (Lipinski definition) is 0. The van der Waals surface area contributed by atoms with Gasteiger partial charge in [-0.2, -0.15) is 5.10 Å². The van der Waals surface area contributed by atoms with Crippen molar-refractivity contribution in [1.29, 1.82) is 0 Å². The maximum Gasteiger partial charge on any atom is 0.159 e. The fourth-order valence-corrected chi connectivity index (χ4v) is 4.95. The first-order valence-electron chi connectivity index (χ1n) is 10.5. The molecule has 0 spiro atoms. The zero-order valence-electron chi connectivity index (χ0n) is 18.5. The summed E-state index contributed by atoms with van der Waals surface area (Å²) in [7, 11) is 2.02. The van der Waals surface area contributed by atoms with E-state index in [0.29, 0.717) is 0 Å². The molecule has 0 fully saturated rings. The molecule has 154 valence electrons. The Hall–Kier alpha value is -3.21. The van der Waals surface area contributed by atoms with Crippen LogP contribution in [-0.2, 0) is 12.6 Å². The summed E-state index contributed by atoms with van der Waals surface area (Å²) >= 11 is 0. The molecule has 0 bridgehead atoms. The highest BCUT2D eigenvalue weighted by Gasteiger charge is 2.38. The highest BCUT2D eigenvalue weighted by Crippen LogP contribution is 2.42. The van der Waals surface area contributed by atoms with Crippen molar-refractivity contribution in [2.24, 2.45) is 7.05 Å². The minimum Gasteiger partial charge on any atom is -0.454 e. The average molecular weight is 401 g/mol. The van der Waals surface area contributed by atoms with E-state index in [1.807, 2.05) is 30.8 Å². The first kappa shape index (κ1) is 18.8. The molecule has 0 saturated carbocycles. The normalized spacial score (nSPS) is 17.1. The van der Waals surface area contributed by atoms with Crippen molar-refractivity contribution in [3.8, 4) is 0 Å². The summed E-state index contributed by atoms with van der Waals surface area (Å²) in [5.41, 5.74) is 6.23. The zero-order chi connectivity index (χ0) is 21.2. The number of aryl methyl sites for hydroxylation is 3. The number of benzene rings is 2. The zero-order valence-corrected chi connectivity index (χ0v) is 18.5. The molecule has 1 aliphatic rings. The van der Waals surface area contributed by atoms with Gasteiger partial charge in [0.1, 0.15) is 11.7 Å². The molecule has 0 saturated heterocycles. The summed E-state index contributed by atoms with van der Waals surface area (Å²) in [6.45, 7) is 10.9. The second-order valence-corrected chi connectivity index (χ2v) is 8.80. The van der Waals surface area contributed by atoms with Crippen LogP contribution < -0.4 is 4.90 Å². The van der Waals surface area contributed by atoms with Crippen LogP contribution in [0.15, 0.2) is 59.3 Å². The van der Waals surface area contributed by atoms with E-state index >= 15 is 0 Å². The summed E-state index contributed by atoms with van der Waals surface area (Å²) in [6.07, 6.45) is 4.49. The van der Waals surface area contributed by atoms with Crippen LogP contribution in [0.3, 0.4) is 0 Å². The molecular weight excluding hydrogens is 372 g/mol. The largest absolute Gasteiger partial charge is 0.454 e. The van der Waals surface area contributed by atoms with Gasteiger partial charge in [0, 0.05) is 30.2 Å². The maximum absolute atomic E-state index is 6.34. The monoisotopic (exact) mass is 400 g/mol. The number of furan rings is 1. The molecule has 3 heterocycles. The molecule has 5 heteroatoms. The molecule has 0 radical (unpaired) electrons. The minimum atomic E-state index is -0.212. The molecule has 4 aromatic rings. The minimum absolute atomic E-state index is 0.132. The van der Waals surface area contributed by atoms with Gasteiger partial charge in [-0.25, -0.2) is 0 Å². The van der Waals surface area contributed by atoms with Crippen molar-refractivity contribution in [3.05, 3.63) is 71.8 Å². The third-order valence-electron chi connectivity index (χ3n) is 6.45. The van der Waals surface area contributed by atoms with Crippen LogP contribution in [0, 0.1) is 13.8 Å². The number of fused-ring (bicyclic) bond motifs is 3. The lowest BCUT2D eigenvalue weighted by Gasteiger charge is -2.41. The lowest BCUT2D eigenvalue weighted by molar-refractivity contribution is 0.143. The Morgan fingerprint density at radius 1 is 1.00 bits per heavy atom. The summed E-state index contributed by atoms with van der Waals surface area (Å²) in [6, 6.07) is 14.8. The predicted octanol–water partition coefficient (Wildman–Crippen LogP) is 5.81. The molecule has 2 aromatic carbocycles. The summed E-state index contributed by atoms with van der Waals surface area (Å²) < 4.78 is 8.33. The molecule has 5 rings (SSSR count). The predicted molar refractivity (Wildman–Crippen MR) is 122 cm³/mol. The Labute approximate surface area is 177 Å². The molecule has 30 heavy (non-hydrogen) atoms. The van der Waals surface area contributed by atoms with Crippen LogP contribution in [-0.4, -0.2) is 20.8 Å². The summed E-state index contributed by atoms with van der Waals surface area (Å²) in [4.78, 5) is 4.72. The number of para-hydroxylation sites is 1. The van der Waals surface area contributed by atoms with E-state index < -0.39 is 0 Å². The molecule has 1 aliphatic heterocycles. The molecule has 0 unspecified atom stereocenters. The van der Waals surface area contributed by atoms with Gasteiger partial charge < -0.3 is 14.2 Å². The van der Waals surface area contributed by atoms with E-state index in [2.05, 4.69) is 85.3 Å². The highest BCUT2D eigenvalue weighted by atomic mass is 16.3. The van der Waals surface area contributed by atoms with E-state index in [-0.39, 0.29) is 11.7 Å². The topological polar surface area (TPSA) is 37.4 Å². The van der Waals surface area contributed by atoms with Crippen LogP contribution in [0.5, 0.6) is 0 Å². The Bertz CT molecular complexity index is 1290. The Balaban J connectivity index is 1.60. The van der Waals surface area contributed by atoms with E-state index in [0.717, 1.165) is 33.3 Å². The van der Waals surface area contributed by atoms with Crippen molar-refractivity contribution in [3.63, 3.8) is 0 Å². The van der Waals surface area contributed by atoms with Crippen molar-refractivity contribution in [2.75, 3.05) is 4.90 Å². The SMILES string of the molecule is Cc1cc(C(C)(C)N2C=CN(c3c(C)ccc4c3oc3ccccc34)[C@H]2C)n(C)n1. The lowest BCUT2D eigenvalue weighted by Crippen LogP contribution is -2.47. The quantitative estimate of drug-likeness (QED) is 0.435. The fourth-order valence-electron chi connectivity index (χ4n) is 4.95. The molecule has 1 atom stereocenters. The van der Waals surface area contributed by atoms with Gasteiger partial charge in [-0.1, -0.05) is 30.3 Å². The van der Waals surface area contributed by atoms with Gasteiger partial charge in [0.05, 0.1) is 22.6 Å². The highest BCUT2D eigenvalue weighted by molar-refractivity contribution is 6.09. The van der Waals surface area contributed by atoms with Gasteiger partial charge in [0.25, 0.3) is 0 Å². The second kappa shape index (κ2) is 6.39. The van der Waals surface area contributed by atoms with Crippen LogP contribution in [0.1, 0.15) is 37.7 Å². The summed E-state index contributed by atoms with van der Waals surface area (Å²) in [5, 5.41) is 6.89. The molecule has 0 N–H and O–H groups in total. The Morgan fingerprint density at radius 2 is 1.77 bits per heavy atom. The lowest BCUT2D eigenvalue weighted by atomic mass is 9.97. The number of hydrogen-bond acceptors (Lipinski definition) is 4. The smallest absolute Gasteiger partial charge is 0.159 e. The van der Waals surface area contributed by atoms with Crippen molar-refractivity contribution in [2.45, 2.75) is 46.3 Å². The molecule has 5 nitrogen and oxygen atoms in total. The standard InChI is InChI=1S/C25H28N4O/c1-16-11-12-20-19-9-7-8-10-21(19)30-24(20)23(16)28-13-14-29(18(28)3)25(4,5)22-15-17(2)26-27(22)6/h7-15,18H,1-6H3/t18-/m1/s1. The van der Waals surface area contributed by atoms with Crippen molar-refractivity contribution < 1.29 is 4.42 Å². The van der Waals surface area contributed by atoms with E-state index in [4.69, 9.17) is 4.42 Å². The Morgan fingerprint density at radius 3 is 2.50 bits per heavy atom. The van der Waals surface area contributed by atoms with Crippen LogP contribution in [0.4, 0.5) is 5.69 Å². The molecule has 0 amide bonds. The third-order valence-corrected chi connectivity index (χ3v) is 6.45.